The first-order valence-corrected chi connectivity index (χ1v) is 9.46. The van der Waals surface area contributed by atoms with Crippen LogP contribution in [0.3, 0.4) is 0 Å². The minimum absolute atomic E-state index is 0.435. The molecule has 2 aromatic rings. The molecule has 0 N–H and O–H groups in total. The molecular formula is C15H18IN2O4+. The van der Waals surface area contributed by atoms with Gasteiger partial charge in [-0.05, 0) is 0 Å². The third-order valence-electron chi connectivity index (χ3n) is 2.64. The average Bonchev–Trinajstić information content (AvgIpc) is 2.83. The zero-order chi connectivity index (χ0) is 16.1. The molecule has 0 bridgehead atoms. The summed E-state index contributed by atoms with van der Waals surface area (Å²) >= 11 is -2.71. The first-order chi connectivity index (χ1) is 10.4. The molecule has 0 atom stereocenters. The van der Waals surface area contributed by atoms with Crippen LogP contribution < -0.4 is 4.57 Å². The minimum atomic E-state index is -2.71. The summed E-state index contributed by atoms with van der Waals surface area (Å²) in [5.41, 5.74) is 1.11. The van der Waals surface area contributed by atoms with Gasteiger partial charge in [-0.2, -0.15) is 0 Å². The zero-order valence-electron chi connectivity index (χ0n) is 12.7. The normalized spacial score (nSPS) is 11.0. The number of carbonyl (C=O) groups excluding carboxylic acids is 2. The van der Waals surface area contributed by atoms with Gasteiger partial charge in [-0.1, -0.05) is 0 Å². The second-order valence-electron chi connectivity index (χ2n) is 4.73. The second kappa shape index (κ2) is 7.39. The Kier molecular flexibility index (Phi) is 5.53. The van der Waals surface area contributed by atoms with Crippen molar-refractivity contribution in [2.24, 2.45) is 7.05 Å². The topological polar surface area (TPSA) is 61.4 Å². The van der Waals surface area contributed by atoms with Gasteiger partial charge in [0, 0.05) is 0 Å². The Morgan fingerprint density at radius 3 is 2.18 bits per heavy atom. The van der Waals surface area contributed by atoms with Gasteiger partial charge in [0.25, 0.3) is 0 Å². The summed E-state index contributed by atoms with van der Waals surface area (Å²) in [7, 11) is 1.97. The first kappa shape index (κ1) is 16.5. The van der Waals surface area contributed by atoms with Crippen LogP contribution in [-0.2, 0) is 29.3 Å². The number of carbonyl (C=O) groups is 2. The van der Waals surface area contributed by atoms with Crippen molar-refractivity contribution in [3.63, 3.8) is 0 Å². The third kappa shape index (κ3) is 4.83. The molecule has 0 fully saturated rings. The predicted octanol–water partition coefficient (Wildman–Crippen LogP) is 1.99. The fraction of sp³-hybridized carbons (Fsp3) is 0.267. The standard InChI is InChI=1S/C15H18IN2O4/c1-12(19)21-16(22-13(2)20)15-6-4-14(5-7-15)10-18-9-8-17(3)11-18/h4-9,11H,10H2,1-3H3/q+1. The van der Waals surface area contributed by atoms with Crippen LogP contribution in [0.5, 0.6) is 0 Å². The van der Waals surface area contributed by atoms with Gasteiger partial charge < -0.3 is 0 Å². The van der Waals surface area contributed by atoms with Crippen molar-refractivity contribution in [1.82, 2.24) is 4.57 Å². The number of benzene rings is 1. The van der Waals surface area contributed by atoms with E-state index in [1.165, 1.54) is 13.8 Å². The Morgan fingerprint density at radius 1 is 1.14 bits per heavy atom. The van der Waals surface area contributed by atoms with Gasteiger partial charge in [0.1, 0.15) is 0 Å². The summed E-state index contributed by atoms with van der Waals surface area (Å²) in [6, 6.07) is 7.62. The molecule has 1 aromatic carbocycles. The third-order valence-corrected chi connectivity index (χ3v) is 6.41. The van der Waals surface area contributed by atoms with Gasteiger partial charge in [-0.3, -0.25) is 0 Å². The molecule has 0 spiro atoms. The molecule has 22 heavy (non-hydrogen) atoms. The van der Waals surface area contributed by atoms with E-state index in [0.717, 1.165) is 15.7 Å². The Labute approximate surface area is 137 Å². The van der Waals surface area contributed by atoms with Crippen molar-refractivity contribution in [2.75, 3.05) is 0 Å². The maximum absolute atomic E-state index is 11.1. The van der Waals surface area contributed by atoms with Crippen LogP contribution in [0.15, 0.2) is 43.0 Å². The van der Waals surface area contributed by atoms with Gasteiger partial charge in [-0.25, -0.2) is 0 Å². The van der Waals surface area contributed by atoms with Crippen molar-refractivity contribution in [3.8, 4) is 0 Å². The van der Waals surface area contributed by atoms with Gasteiger partial charge >= 0.3 is 137 Å². The fourth-order valence-corrected chi connectivity index (χ4v) is 4.47. The molecule has 0 aliphatic heterocycles. The average molecular weight is 417 g/mol. The molecule has 1 heterocycles. The van der Waals surface area contributed by atoms with Crippen LogP contribution in [0.4, 0.5) is 0 Å². The Morgan fingerprint density at radius 2 is 1.73 bits per heavy atom. The SMILES string of the molecule is CC(=O)OI(OC(C)=O)c1ccc(Cn2cc[n+](C)c2)cc1. The van der Waals surface area contributed by atoms with E-state index < -0.39 is 32.6 Å². The van der Waals surface area contributed by atoms with Crippen LogP contribution in [0.1, 0.15) is 19.4 Å². The van der Waals surface area contributed by atoms with Crippen LogP contribution >= 0.6 is 20.6 Å². The van der Waals surface area contributed by atoms with Crippen LogP contribution in [0.2, 0.25) is 0 Å². The number of aromatic nitrogens is 2. The summed E-state index contributed by atoms with van der Waals surface area (Å²) in [5, 5.41) is 0. The maximum atomic E-state index is 11.1. The summed E-state index contributed by atoms with van der Waals surface area (Å²) < 4.78 is 15.2. The number of nitrogens with zero attached hydrogens (tertiary/aromatic N) is 2. The van der Waals surface area contributed by atoms with E-state index in [-0.39, 0.29) is 0 Å². The molecule has 1 aromatic heterocycles. The van der Waals surface area contributed by atoms with Crippen molar-refractivity contribution >= 4 is 32.6 Å². The summed E-state index contributed by atoms with van der Waals surface area (Å²) in [6.07, 6.45) is 5.95. The number of rotatable bonds is 5. The molecule has 7 heteroatoms. The molecule has 0 radical (unpaired) electrons. The molecule has 0 aliphatic rings. The molecule has 0 aliphatic carbocycles. The molecule has 0 amide bonds. The van der Waals surface area contributed by atoms with E-state index in [2.05, 4.69) is 4.57 Å². The molecule has 0 saturated heterocycles. The Hall–Kier alpha value is -1.90. The Balaban J connectivity index is 2.11. The van der Waals surface area contributed by atoms with Crippen molar-refractivity contribution in [1.29, 1.82) is 0 Å². The summed E-state index contributed by atoms with van der Waals surface area (Å²) in [6.45, 7) is 3.37. The van der Waals surface area contributed by atoms with E-state index in [9.17, 15) is 9.59 Å². The second-order valence-corrected chi connectivity index (χ2v) is 8.10. The molecule has 0 saturated carbocycles. The van der Waals surface area contributed by atoms with E-state index in [4.69, 9.17) is 6.13 Å². The van der Waals surface area contributed by atoms with Gasteiger partial charge in [-0.15, -0.1) is 0 Å². The van der Waals surface area contributed by atoms with Gasteiger partial charge in [0.05, 0.1) is 0 Å². The summed E-state index contributed by atoms with van der Waals surface area (Å²) in [5.74, 6) is -0.870. The molecule has 0 unspecified atom stereocenters. The first-order valence-electron chi connectivity index (χ1n) is 6.62. The van der Waals surface area contributed by atoms with Crippen LogP contribution in [0.25, 0.3) is 0 Å². The van der Waals surface area contributed by atoms with E-state index >= 15 is 0 Å². The van der Waals surface area contributed by atoms with Gasteiger partial charge in [0.15, 0.2) is 0 Å². The molecule has 6 nitrogen and oxygen atoms in total. The number of hydrogen-bond acceptors (Lipinski definition) is 4. The molecular weight excluding hydrogens is 399 g/mol. The van der Waals surface area contributed by atoms with Crippen molar-refractivity contribution in [2.45, 2.75) is 20.4 Å². The number of imidazole rings is 1. The van der Waals surface area contributed by atoms with E-state index in [1.807, 2.05) is 54.6 Å². The van der Waals surface area contributed by atoms with Gasteiger partial charge in [0.2, 0.25) is 0 Å². The molecule has 118 valence electrons. The van der Waals surface area contributed by atoms with Crippen molar-refractivity contribution < 1.29 is 20.3 Å². The van der Waals surface area contributed by atoms with E-state index in [0.29, 0.717) is 0 Å². The van der Waals surface area contributed by atoms with Crippen LogP contribution in [-0.4, -0.2) is 16.5 Å². The monoisotopic (exact) mass is 417 g/mol. The Bertz CT molecular complexity index is 650. The summed E-state index contributed by atoms with van der Waals surface area (Å²) in [4.78, 5) is 22.3. The van der Waals surface area contributed by atoms with Crippen molar-refractivity contribution in [3.05, 3.63) is 52.1 Å². The van der Waals surface area contributed by atoms with Crippen LogP contribution in [0, 0.1) is 3.57 Å². The molecule has 2 rings (SSSR count). The number of halogens is 1. The number of hydrogen-bond donors (Lipinski definition) is 0. The number of aryl methyl sites for hydroxylation is 1. The zero-order valence-corrected chi connectivity index (χ0v) is 14.8. The predicted molar refractivity (Wildman–Crippen MR) is 87.4 cm³/mol. The van der Waals surface area contributed by atoms with E-state index in [1.54, 1.807) is 0 Å². The quantitative estimate of drug-likeness (QED) is 0.552. The fourth-order valence-electron chi connectivity index (χ4n) is 1.80.